The molecule has 1 heterocycles. The Morgan fingerprint density at radius 3 is 2.89 bits per heavy atom. The Labute approximate surface area is 108 Å². The lowest BCUT2D eigenvalue weighted by molar-refractivity contribution is -0.145. The zero-order chi connectivity index (χ0) is 13.0. The first-order chi connectivity index (χ1) is 8.68. The number of carbonyl (C=O) groups is 1. The van der Waals surface area contributed by atoms with Crippen molar-refractivity contribution in [3.8, 4) is 0 Å². The van der Waals surface area contributed by atoms with E-state index in [0.29, 0.717) is 13.2 Å². The number of nitrogen functional groups attached to an aromatic ring is 1. The first-order valence-electron chi connectivity index (χ1n) is 6.38. The van der Waals surface area contributed by atoms with E-state index in [2.05, 4.69) is 0 Å². The summed E-state index contributed by atoms with van der Waals surface area (Å²) in [5, 5.41) is 0. The molecule has 1 aliphatic rings. The maximum absolute atomic E-state index is 12.2. The Hall–Kier alpha value is -1.55. The molecule has 1 fully saturated rings. The summed E-state index contributed by atoms with van der Waals surface area (Å²) in [5.74, 6) is 0.0537. The molecule has 0 spiro atoms. The molecule has 1 aliphatic heterocycles. The highest BCUT2D eigenvalue weighted by atomic mass is 16.5. The van der Waals surface area contributed by atoms with Crippen LogP contribution in [0.2, 0.25) is 0 Å². The molecule has 0 bridgehead atoms. The third kappa shape index (κ3) is 3.01. The van der Waals surface area contributed by atoms with Crippen LogP contribution in [0.15, 0.2) is 24.3 Å². The minimum Gasteiger partial charge on any atom is -0.398 e. The van der Waals surface area contributed by atoms with E-state index >= 15 is 0 Å². The fourth-order valence-corrected chi connectivity index (χ4v) is 2.19. The number of amides is 1. The highest BCUT2D eigenvalue weighted by Crippen LogP contribution is 2.17. The largest absolute Gasteiger partial charge is 0.398 e. The number of hydrogen-bond donors (Lipinski definition) is 1. The third-order valence-electron chi connectivity index (χ3n) is 3.29. The summed E-state index contributed by atoms with van der Waals surface area (Å²) < 4.78 is 5.51. The van der Waals surface area contributed by atoms with Gasteiger partial charge in [-0.1, -0.05) is 18.2 Å². The van der Waals surface area contributed by atoms with E-state index in [9.17, 15) is 4.79 Å². The smallest absolute Gasteiger partial charge is 0.251 e. The lowest BCUT2D eigenvalue weighted by Crippen LogP contribution is -2.39. The number of carbonyl (C=O) groups excluding carboxylic acids is 1. The number of hydrogen-bond acceptors (Lipinski definition) is 3. The number of anilines is 1. The number of likely N-dealkylation sites (N-methyl/N-ethyl adjacent to an activating group) is 1. The average molecular weight is 248 g/mol. The van der Waals surface area contributed by atoms with Gasteiger partial charge in [0.05, 0.1) is 0 Å². The fourth-order valence-electron chi connectivity index (χ4n) is 2.19. The SMILES string of the molecule is CN(Cc1ccccc1N)C(=O)C1CCCCO1. The molecule has 4 nitrogen and oxygen atoms in total. The van der Waals surface area contributed by atoms with Gasteiger partial charge >= 0.3 is 0 Å². The Morgan fingerprint density at radius 1 is 1.44 bits per heavy atom. The van der Waals surface area contributed by atoms with Crippen molar-refractivity contribution >= 4 is 11.6 Å². The molecule has 1 aromatic rings. The lowest BCUT2D eigenvalue weighted by atomic mass is 10.1. The highest BCUT2D eigenvalue weighted by molar-refractivity contribution is 5.80. The van der Waals surface area contributed by atoms with Crippen molar-refractivity contribution in [1.29, 1.82) is 0 Å². The van der Waals surface area contributed by atoms with Crippen molar-refractivity contribution in [1.82, 2.24) is 4.90 Å². The second-order valence-corrected chi connectivity index (χ2v) is 4.75. The van der Waals surface area contributed by atoms with E-state index in [-0.39, 0.29) is 12.0 Å². The van der Waals surface area contributed by atoms with Crippen molar-refractivity contribution < 1.29 is 9.53 Å². The monoisotopic (exact) mass is 248 g/mol. The molecule has 1 saturated heterocycles. The van der Waals surface area contributed by atoms with Gasteiger partial charge in [0.15, 0.2) is 0 Å². The van der Waals surface area contributed by atoms with Crippen molar-refractivity contribution in [2.45, 2.75) is 31.9 Å². The summed E-state index contributed by atoms with van der Waals surface area (Å²) in [6.07, 6.45) is 2.68. The van der Waals surface area contributed by atoms with Crippen molar-refractivity contribution in [3.05, 3.63) is 29.8 Å². The van der Waals surface area contributed by atoms with Gasteiger partial charge in [0.2, 0.25) is 0 Å². The second kappa shape index (κ2) is 5.87. The van der Waals surface area contributed by atoms with E-state index < -0.39 is 0 Å². The number of nitrogens with two attached hydrogens (primary N) is 1. The molecule has 2 rings (SSSR count). The molecule has 1 amide bonds. The summed E-state index contributed by atoms with van der Waals surface area (Å²) in [7, 11) is 1.80. The number of nitrogens with zero attached hydrogens (tertiary/aromatic N) is 1. The molecule has 0 aliphatic carbocycles. The molecule has 0 radical (unpaired) electrons. The molecular weight excluding hydrogens is 228 g/mol. The van der Waals surface area contributed by atoms with Crippen molar-refractivity contribution in [3.63, 3.8) is 0 Å². The number of rotatable bonds is 3. The van der Waals surface area contributed by atoms with Crippen LogP contribution in [-0.2, 0) is 16.1 Å². The Morgan fingerprint density at radius 2 is 2.22 bits per heavy atom. The molecule has 98 valence electrons. The minimum atomic E-state index is -0.270. The summed E-state index contributed by atoms with van der Waals surface area (Å²) >= 11 is 0. The predicted molar refractivity (Wildman–Crippen MR) is 70.9 cm³/mol. The number of para-hydroxylation sites is 1. The van der Waals surface area contributed by atoms with Gasteiger partial charge in [0.1, 0.15) is 6.10 Å². The van der Waals surface area contributed by atoms with Crippen LogP contribution in [0, 0.1) is 0 Å². The van der Waals surface area contributed by atoms with Gasteiger partial charge in [-0.25, -0.2) is 0 Å². The topological polar surface area (TPSA) is 55.6 Å². The summed E-state index contributed by atoms with van der Waals surface area (Å²) in [5.41, 5.74) is 7.58. The lowest BCUT2D eigenvalue weighted by Gasteiger charge is -2.27. The zero-order valence-corrected chi connectivity index (χ0v) is 10.8. The van der Waals surface area contributed by atoms with E-state index in [1.807, 2.05) is 24.3 Å². The van der Waals surface area contributed by atoms with Crippen LogP contribution in [0.3, 0.4) is 0 Å². The van der Waals surface area contributed by atoms with Crippen molar-refractivity contribution in [2.24, 2.45) is 0 Å². The summed E-state index contributed by atoms with van der Waals surface area (Å²) in [6.45, 7) is 1.23. The third-order valence-corrected chi connectivity index (χ3v) is 3.29. The molecule has 18 heavy (non-hydrogen) atoms. The first kappa shape index (κ1) is 12.9. The molecule has 1 aromatic carbocycles. The van der Waals surface area contributed by atoms with Crippen LogP contribution in [0.1, 0.15) is 24.8 Å². The van der Waals surface area contributed by atoms with Gasteiger partial charge in [-0.3, -0.25) is 4.79 Å². The van der Waals surface area contributed by atoms with Gasteiger partial charge in [-0.05, 0) is 30.9 Å². The van der Waals surface area contributed by atoms with Crippen LogP contribution < -0.4 is 5.73 Å². The quantitative estimate of drug-likeness (QED) is 0.830. The average Bonchev–Trinajstić information content (AvgIpc) is 2.41. The Kier molecular flexibility index (Phi) is 4.20. The van der Waals surface area contributed by atoms with Gasteiger partial charge in [0.25, 0.3) is 5.91 Å². The van der Waals surface area contributed by atoms with Crippen LogP contribution in [0.5, 0.6) is 0 Å². The maximum atomic E-state index is 12.2. The van der Waals surface area contributed by atoms with Gasteiger partial charge in [-0.2, -0.15) is 0 Å². The Balaban J connectivity index is 1.96. The molecule has 0 saturated carbocycles. The van der Waals surface area contributed by atoms with Crippen LogP contribution in [-0.4, -0.2) is 30.6 Å². The number of ether oxygens (including phenoxy) is 1. The molecular formula is C14H20N2O2. The van der Waals surface area contributed by atoms with E-state index in [1.54, 1.807) is 11.9 Å². The predicted octanol–water partition coefficient (Wildman–Crippen LogP) is 1.80. The van der Waals surface area contributed by atoms with Gasteiger partial charge in [0, 0.05) is 25.9 Å². The van der Waals surface area contributed by atoms with E-state index in [0.717, 1.165) is 30.5 Å². The minimum absolute atomic E-state index is 0.0537. The fraction of sp³-hybridized carbons (Fsp3) is 0.500. The first-order valence-corrected chi connectivity index (χ1v) is 6.38. The summed E-state index contributed by atoms with van der Waals surface area (Å²) in [6, 6.07) is 7.62. The highest BCUT2D eigenvalue weighted by Gasteiger charge is 2.25. The van der Waals surface area contributed by atoms with E-state index in [4.69, 9.17) is 10.5 Å². The molecule has 2 N–H and O–H groups in total. The Bertz CT molecular complexity index is 414. The van der Waals surface area contributed by atoms with Gasteiger partial charge < -0.3 is 15.4 Å². The summed E-state index contributed by atoms with van der Waals surface area (Å²) in [4.78, 5) is 13.9. The van der Waals surface area contributed by atoms with Crippen molar-refractivity contribution in [2.75, 3.05) is 19.4 Å². The van der Waals surface area contributed by atoms with E-state index in [1.165, 1.54) is 0 Å². The second-order valence-electron chi connectivity index (χ2n) is 4.75. The normalized spacial score (nSPS) is 19.5. The maximum Gasteiger partial charge on any atom is 0.251 e. The molecule has 0 aromatic heterocycles. The number of benzene rings is 1. The van der Waals surface area contributed by atoms with Crippen LogP contribution in [0.25, 0.3) is 0 Å². The zero-order valence-electron chi connectivity index (χ0n) is 10.8. The van der Waals surface area contributed by atoms with Crippen LogP contribution >= 0.6 is 0 Å². The van der Waals surface area contributed by atoms with Gasteiger partial charge in [-0.15, -0.1) is 0 Å². The molecule has 4 heteroatoms. The molecule has 1 unspecified atom stereocenters. The standard InChI is InChI=1S/C14H20N2O2/c1-16(10-11-6-2-3-7-12(11)15)14(17)13-8-4-5-9-18-13/h2-3,6-7,13H,4-5,8-10,15H2,1H3. The van der Waals surface area contributed by atoms with Crippen LogP contribution in [0.4, 0.5) is 5.69 Å². The molecule has 1 atom stereocenters.